The Balaban J connectivity index is 2.12. The Morgan fingerprint density at radius 1 is 1.37 bits per heavy atom. The van der Waals surface area contributed by atoms with Gasteiger partial charge in [0.05, 0.1) is 7.11 Å². The smallest absolute Gasteiger partial charge is 0.333 e. The van der Waals surface area contributed by atoms with Crippen molar-refractivity contribution < 1.29 is 23.4 Å². The lowest BCUT2D eigenvalue weighted by Gasteiger charge is -2.38. The highest BCUT2D eigenvalue weighted by Crippen LogP contribution is 2.37. The fraction of sp³-hybridized carbons (Fsp3) is 0.643. The van der Waals surface area contributed by atoms with E-state index in [0.717, 1.165) is 0 Å². The fourth-order valence-electron chi connectivity index (χ4n) is 2.25. The fourth-order valence-corrected chi connectivity index (χ4v) is 2.25. The minimum absolute atomic E-state index is 0.0937. The first-order chi connectivity index (χ1) is 8.98. The Hall–Kier alpha value is -1.36. The van der Waals surface area contributed by atoms with Gasteiger partial charge in [-0.05, 0) is 19.1 Å². The Bertz CT molecular complexity index is 423. The van der Waals surface area contributed by atoms with Crippen molar-refractivity contribution in [3.63, 3.8) is 0 Å². The van der Waals surface area contributed by atoms with Gasteiger partial charge in [-0.2, -0.15) is 0 Å². The summed E-state index contributed by atoms with van der Waals surface area (Å²) < 4.78 is 28.8. The number of esters is 1. The van der Waals surface area contributed by atoms with Crippen molar-refractivity contribution in [1.29, 1.82) is 0 Å². The molecular weight excluding hydrogens is 251 g/mol. The minimum atomic E-state index is -0.760. The van der Waals surface area contributed by atoms with Crippen molar-refractivity contribution in [2.45, 2.75) is 44.1 Å². The van der Waals surface area contributed by atoms with Crippen LogP contribution in [-0.4, -0.2) is 38.1 Å². The monoisotopic (exact) mass is 270 g/mol. The van der Waals surface area contributed by atoms with Gasteiger partial charge in [-0.1, -0.05) is 0 Å². The van der Waals surface area contributed by atoms with Gasteiger partial charge < -0.3 is 14.2 Å². The maximum Gasteiger partial charge on any atom is 0.333 e. The molecule has 0 aromatic rings. The Kier molecular flexibility index (Phi) is 3.94. The van der Waals surface area contributed by atoms with Gasteiger partial charge in [0.1, 0.15) is 23.6 Å². The van der Waals surface area contributed by atoms with E-state index >= 15 is 0 Å². The number of allylic oxidation sites excluding steroid dienone is 2. The van der Waals surface area contributed by atoms with Gasteiger partial charge in [-0.15, -0.1) is 0 Å². The molecule has 1 unspecified atom stereocenters. The van der Waals surface area contributed by atoms with Gasteiger partial charge in [0.2, 0.25) is 0 Å². The van der Waals surface area contributed by atoms with Crippen LogP contribution in [0.2, 0.25) is 0 Å². The first-order valence-corrected chi connectivity index (χ1v) is 6.34. The zero-order valence-corrected chi connectivity index (χ0v) is 11.4. The molecular formula is C14H19FO4. The number of carbonyl (C=O) groups is 1. The molecule has 2 aliphatic carbocycles. The van der Waals surface area contributed by atoms with Gasteiger partial charge >= 0.3 is 5.97 Å². The van der Waals surface area contributed by atoms with Crippen LogP contribution < -0.4 is 0 Å². The van der Waals surface area contributed by atoms with Crippen LogP contribution in [0.5, 0.6) is 0 Å². The second-order valence-electron chi connectivity index (χ2n) is 5.13. The van der Waals surface area contributed by atoms with Crippen molar-refractivity contribution in [2.75, 3.05) is 14.2 Å². The van der Waals surface area contributed by atoms with Crippen molar-refractivity contribution in [3.05, 3.63) is 23.5 Å². The van der Waals surface area contributed by atoms with Gasteiger partial charge in [-0.3, -0.25) is 0 Å². The van der Waals surface area contributed by atoms with Crippen molar-refractivity contribution >= 4 is 5.97 Å². The maximum atomic E-state index is 12.8. The van der Waals surface area contributed by atoms with Crippen LogP contribution in [0, 0.1) is 0 Å². The van der Waals surface area contributed by atoms with E-state index < -0.39 is 11.8 Å². The lowest BCUT2D eigenvalue weighted by Crippen LogP contribution is -2.40. The molecule has 1 fully saturated rings. The number of hydrogen-bond acceptors (Lipinski definition) is 4. The molecule has 5 heteroatoms. The van der Waals surface area contributed by atoms with E-state index in [0.29, 0.717) is 30.6 Å². The van der Waals surface area contributed by atoms with Crippen molar-refractivity contribution in [2.24, 2.45) is 0 Å². The summed E-state index contributed by atoms with van der Waals surface area (Å²) in [6.45, 7) is 1.85. The minimum Gasteiger partial charge on any atom is -0.491 e. The van der Waals surface area contributed by atoms with E-state index in [1.165, 1.54) is 7.11 Å². The maximum absolute atomic E-state index is 12.8. The van der Waals surface area contributed by atoms with Gasteiger partial charge in [0.15, 0.2) is 0 Å². The number of carbonyl (C=O) groups excluding carboxylic acids is 1. The second-order valence-corrected chi connectivity index (χ2v) is 5.13. The molecule has 0 radical (unpaired) electrons. The summed E-state index contributed by atoms with van der Waals surface area (Å²) in [4.78, 5) is 11.5. The van der Waals surface area contributed by atoms with Crippen LogP contribution >= 0.6 is 0 Å². The van der Waals surface area contributed by atoms with Crippen LogP contribution in [0.25, 0.3) is 0 Å². The van der Waals surface area contributed by atoms with E-state index in [9.17, 15) is 9.18 Å². The van der Waals surface area contributed by atoms with Crippen molar-refractivity contribution in [1.82, 2.24) is 0 Å². The molecule has 0 saturated heterocycles. The number of methoxy groups -OCH3 is 2. The molecule has 19 heavy (non-hydrogen) atoms. The molecule has 0 bridgehead atoms. The standard InChI is InChI=1S/C14H19FO4/c1-14(18-3)8-9(13(16)17-2)4-5-12(14)19-11-6-10(15)7-11/h4-5,10-11H,6-8H2,1-3H3. The summed E-state index contributed by atoms with van der Waals surface area (Å²) in [5.41, 5.74) is -0.171. The SMILES string of the molecule is COC(=O)C1=CC=C(OC2CC(F)C2)C(C)(OC)C1. The summed E-state index contributed by atoms with van der Waals surface area (Å²) in [7, 11) is 2.91. The Morgan fingerprint density at radius 3 is 2.58 bits per heavy atom. The molecule has 0 aromatic heterocycles. The normalized spacial score (nSPS) is 33.9. The highest BCUT2D eigenvalue weighted by molar-refractivity contribution is 5.89. The lowest BCUT2D eigenvalue weighted by molar-refractivity contribution is -0.137. The van der Waals surface area contributed by atoms with E-state index in [-0.39, 0.29) is 12.1 Å². The number of hydrogen-bond donors (Lipinski definition) is 0. The zero-order valence-electron chi connectivity index (χ0n) is 11.4. The van der Waals surface area contributed by atoms with Gasteiger partial charge in [0, 0.05) is 31.9 Å². The van der Waals surface area contributed by atoms with Gasteiger partial charge in [0.25, 0.3) is 0 Å². The third-order valence-corrected chi connectivity index (χ3v) is 3.71. The second kappa shape index (κ2) is 5.33. The molecule has 0 heterocycles. The Morgan fingerprint density at radius 2 is 2.05 bits per heavy atom. The zero-order chi connectivity index (χ0) is 14.0. The molecule has 0 aromatic carbocycles. The predicted molar refractivity (Wildman–Crippen MR) is 67.2 cm³/mol. The largest absolute Gasteiger partial charge is 0.491 e. The topological polar surface area (TPSA) is 44.8 Å². The molecule has 0 aliphatic heterocycles. The summed E-state index contributed by atoms with van der Waals surface area (Å²) in [6.07, 6.45) is 3.76. The number of rotatable bonds is 4. The highest BCUT2D eigenvalue weighted by Gasteiger charge is 2.39. The average molecular weight is 270 g/mol. The van der Waals surface area contributed by atoms with E-state index in [1.807, 2.05) is 6.92 Å². The highest BCUT2D eigenvalue weighted by atomic mass is 19.1. The third kappa shape index (κ3) is 2.81. The van der Waals surface area contributed by atoms with Crippen LogP contribution in [0.1, 0.15) is 26.2 Å². The van der Waals surface area contributed by atoms with Crippen LogP contribution in [0.3, 0.4) is 0 Å². The van der Waals surface area contributed by atoms with Gasteiger partial charge in [-0.25, -0.2) is 9.18 Å². The predicted octanol–water partition coefficient (Wildman–Crippen LogP) is 2.30. The summed E-state index contributed by atoms with van der Waals surface area (Å²) in [6, 6.07) is 0. The van der Waals surface area contributed by atoms with Crippen LogP contribution in [0.4, 0.5) is 4.39 Å². The first kappa shape index (κ1) is 14.1. The van der Waals surface area contributed by atoms with Crippen LogP contribution in [0.15, 0.2) is 23.5 Å². The molecule has 2 rings (SSSR count). The van der Waals surface area contributed by atoms with Crippen LogP contribution in [-0.2, 0) is 19.0 Å². The summed E-state index contributed by atoms with van der Waals surface area (Å²) >= 11 is 0. The molecule has 1 atom stereocenters. The average Bonchev–Trinajstić information content (AvgIpc) is 2.38. The van der Waals surface area contributed by atoms with E-state index in [4.69, 9.17) is 14.2 Å². The number of alkyl halides is 1. The van der Waals surface area contributed by atoms with E-state index in [2.05, 4.69) is 0 Å². The van der Waals surface area contributed by atoms with Crippen molar-refractivity contribution in [3.8, 4) is 0 Å². The number of ether oxygens (including phenoxy) is 3. The molecule has 1 saturated carbocycles. The summed E-state index contributed by atoms with van der Waals surface area (Å²) in [5, 5.41) is 0. The Labute approximate surface area is 112 Å². The molecule has 0 spiro atoms. The third-order valence-electron chi connectivity index (χ3n) is 3.71. The lowest BCUT2D eigenvalue weighted by atomic mass is 9.88. The molecule has 0 amide bonds. The van der Waals surface area contributed by atoms with E-state index in [1.54, 1.807) is 19.3 Å². The first-order valence-electron chi connectivity index (χ1n) is 6.34. The molecule has 0 N–H and O–H groups in total. The number of halogens is 1. The molecule has 2 aliphatic rings. The molecule has 106 valence electrons. The quantitative estimate of drug-likeness (QED) is 0.735. The summed E-state index contributed by atoms with van der Waals surface area (Å²) in [5.74, 6) is 0.269. The molecule has 4 nitrogen and oxygen atoms in total.